The minimum Gasteiger partial charge on any atom is -0.497 e. The molecule has 0 spiro atoms. The van der Waals surface area contributed by atoms with Crippen LogP contribution in [0.15, 0.2) is 36.7 Å². The van der Waals surface area contributed by atoms with Crippen LogP contribution in [-0.4, -0.2) is 47.2 Å². The Balaban J connectivity index is 1.45. The van der Waals surface area contributed by atoms with Gasteiger partial charge in [-0.3, -0.25) is 4.79 Å². The zero-order valence-electron chi connectivity index (χ0n) is 15.6. The number of amides is 1. The Hall–Kier alpha value is -2.50. The third-order valence-electron chi connectivity index (χ3n) is 4.91. The maximum absolute atomic E-state index is 12.5. The molecule has 0 N–H and O–H groups in total. The van der Waals surface area contributed by atoms with Crippen LogP contribution in [0.25, 0.3) is 0 Å². The molecule has 0 radical (unpaired) electrons. The fraction of sp³-hybridized carbons (Fsp3) is 0.500. The summed E-state index contributed by atoms with van der Waals surface area (Å²) in [6, 6.07) is 7.62. The van der Waals surface area contributed by atoms with Gasteiger partial charge < -0.3 is 18.9 Å². The molecule has 1 amide bonds. The van der Waals surface area contributed by atoms with Gasteiger partial charge in [-0.15, -0.1) is 0 Å². The summed E-state index contributed by atoms with van der Waals surface area (Å²) < 4.78 is 13.1. The number of ether oxygens (including phenoxy) is 2. The van der Waals surface area contributed by atoms with E-state index in [0.717, 1.165) is 43.3 Å². The molecule has 2 aromatic rings. The molecule has 1 saturated heterocycles. The lowest BCUT2D eigenvalue weighted by atomic mass is 9.98. The van der Waals surface area contributed by atoms with Crippen molar-refractivity contribution in [2.24, 2.45) is 5.92 Å². The lowest BCUT2D eigenvalue weighted by Gasteiger charge is -2.32. The first-order chi connectivity index (χ1) is 12.7. The highest BCUT2D eigenvalue weighted by Crippen LogP contribution is 2.21. The van der Waals surface area contributed by atoms with Crippen LogP contribution in [-0.2, 0) is 11.3 Å². The monoisotopic (exact) mass is 357 g/mol. The summed E-state index contributed by atoms with van der Waals surface area (Å²) in [6.45, 7) is 4.90. The van der Waals surface area contributed by atoms with Gasteiger partial charge in [-0.2, -0.15) is 0 Å². The van der Waals surface area contributed by atoms with E-state index in [-0.39, 0.29) is 5.91 Å². The topological polar surface area (TPSA) is 56.6 Å². The van der Waals surface area contributed by atoms with Gasteiger partial charge in [0.15, 0.2) is 0 Å². The van der Waals surface area contributed by atoms with Crippen molar-refractivity contribution in [1.82, 2.24) is 14.5 Å². The molecule has 1 aromatic heterocycles. The summed E-state index contributed by atoms with van der Waals surface area (Å²) in [5.74, 6) is 3.20. The van der Waals surface area contributed by atoms with Crippen LogP contribution < -0.4 is 9.47 Å². The van der Waals surface area contributed by atoms with Crippen molar-refractivity contribution in [2.45, 2.75) is 32.7 Å². The highest BCUT2D eigenvalue weighted by atomic mass is 16.5. The van der Waals surface area contributed by atoms with Crippen LogP contribution in [0.1, 0.15) is 25.1 Å². The number of benzene rings is 1. The molecule has 0 bridgehead atoms. The first kappa shape index (κ1) is 18.3. The van der Waals surface area contributed by atoms with Crippen LogP contribution in [0.5, 0.6) is 11.5 Å². The first-order valence-corrected chi connectivity index (χ1v) is 9.18. The maximum Gasteiger partial charge on any atom is 0.224 e. The van der Waals surface area contributed by atoms with Crippen molar-refractivity contribution in [3.05, 3.63) is 42.5 Å². The molecule has 26 heavy (non-hydrogen) atoms. The number of methoxy groups -OCH3 is 1. The molecule has 6 heteroatoms. The van der Waals surface area contributed by atoms with Crippen molar-refractivity contribution in [1.29, 1.82) is 0 Å². The predicted octanol–water partition coefficient (Wildman–Crippen LogP) is 2.91. The van der Waals surface area contributed by atoms with Crippen molar-refractivity contribution in [2.75, 3.05) is 26.8 Å². The van der Waals surface area contributed by atoms with Gasteiger partial charge in [0.2, 0.25) is 5.91 Å². The number of carbonyl (C=O) groups is 1. The number of hydrogen-bond donors (Lipinski definition) is 0. The number of likely N-dealkylation sites (tertiary alicyclic amines) is 1. The van der Waals surface area contributed by atoms with Gasteiger partial charge in [-0.05, 0) is 44.0 Å². The fourth-order valence-corrected chi connectivity index (χ4v) is 3.33. The molecule has 1 fully saturated rings. The minimum atomic E-state index is 0.215. The summed E-state index contributed by atoms with van der Waals surface area (Å²) in [5, 5.41) is 0. The normalized spacial score (nSPS) is 17.2. The smallest absolute Gasteiger partial charge is 0.224 e. The molecule has 1 unspecified atom stereocenters. The summed E-state index contributed by atoms with van der Waals surface area (Å²) in [4.78, 5) is 18.7. The van der Waals surface area contributed by atoms with Gasteiger partial charge in [0.25, 0.3) is 0 Å². The van der Waals surface area contributed by atoms with Crippen LogP contribution in [0.3, 0.4) is 0 Å². The summed E-state index contributed by atoms with van der Waals surface area (Å²) in [6.07, 6.45) is 6.34. The van der Waals surface area contributed by atoms with Crippen molar-refractivity contribution in [3.8, 4) is 11.5 Å². The average molecular weight is 357 g/mol. The third-order valence-corrected chi connectivity index (χ3v) is 4.91. The SMILES string of the molecule is COc1ccc(OCC2CCCN(C(=O)CCn3ccnc3C)C2)cc1. The van der Waals surface area contributed by atoms with E-state index in [1.807, 2.05) is 46.9 Å². The van der Waals surface area contributed by atoms with E-state index >= 15 is 0 Å². The van der Waals surface area contributed by atoms with E-state index in [2.05, 4.69) is 4.98 Å². The van der Waals surface area contributed by atoms with Gasteiger partial charge in [0.05, 0.1) is 13.7 Å². The molecule has 1 aromatic carbocycles. The van der Waals surface area contributed by atoms with Crippen LogP contribution in [0.2, 0.25) is 0 Å². The molecule has 3 rings (SSSR count). The van der Waals surface area contributed by atoms with E-state index in [1.54, 1.807) is 13.3 Å². The second-order valence-corrected chi connectivity index (χ2v) is 6.75. The molecule has 0 aliphatic carbocycles. The van der Waals surface area contributed by atoms with Crippen molar-refractivity contribution >= 4 is 5.91 Å². The Morgan fingerprint density at radius 1 is 1.27 bits per heavy atom. The number of piperidine rings is 1. The molecule has 2 heterocycles. The van der Waals surface area contributed by atoms with Gasteiger partial charge in [0, 0.05) is 44.4 Å². The van der Waals surface area contributed by atoms with E-state index in [4.69, 9.17) is 9.47 Å². The zero-order chi connectivity index (χ0) is 18.4. The van der Waals surface area contributed by atoms with E-state index in [0.29, 0.717) is 25.5 Å². The molecule has 1 aliphatic rings. The minimum absolute atomic E-state index is 0.215. The Bertz CT molecular complexity index is 711. The van der Waals surface area contributed by atoms with E-state index in [1.165, 1.54) is 0 Å². The molecule has 1 aliphatic heterocycles. The second kappa shape index (κ2) is 8.74. The molecular weight excluding hydrogens is 330 g/mol. The van der Waals surface area contributed by atoms with Gasteiger partial charge >= 0.3 is 0 Å². The van der Waals surface area contributed by atoms with Gasteiger partial charge in [-0.25, -0.2) is 4.98 Å². The largest absolute Gasteiger partial charge is 0.497 e. The Kier molecular flexibility index (Phi) is 6.15. The highest BCUT2D eigenvalue weighted by molar-refractivity contribution is 5.76. The predicted molar refractivity (Wildman–Crippen MR) is 99.4 cm³/mol. The van der Waals surface area contributed by atoms with E-state index < -0.39 is 0 Å². The zero-order valence-corrected chi connectivity index (χ0v) is 15.6. The van der Waals surface area contributed by atoms with Gasteiger partial charge in [-0.1, -0.05) is 0 Å². The quantitative estimate of drug-likeness (QED) is 0.765. The number of nitrogens with zero attached hydrogens (tertiary/aromatic N) is 3. The number of imidazole rings is 1. The summed E-state index contributed by atoms with van der Waals surface area (Å²) in [7, 11) is 1.65. The number of hydrogen-bond acceptors (Lipinski definition) is 4. The van der Waals surface area contributed by atoms with Crippen LogP contribution >= 0.6 is 0 Å². The Labute approximate surface area is 154 Å². The molecule has 140 valence electrons. The van der Waals surface area contributed by atoms with Crippen LogP contribution in [0, 0.1) is 12.8 Å². The molecule has 6 nitrogen and oxygen atoms in total. The van der Waals surface area contributed by atoms with E-state index in [9.17, 15) is 4.79 Å². The molecule has 0 saturated carbocycles. The lowest BCUT2D eigenvalue weighted by Crippen LogP contribution is -2.41. The Morgan fingerprint density at radius 3 is 2.73 bits per heavy atom. The summed E-state index contributed by atoms with van der Waals surface area (Å²) >= 11 is 0. The number of carbonyl (C=O) groups excluding carboxylic acids is 1. The molecule has 1 atom stereocenters. The fourth-order valence-electron chi connectivity index (χ4n) is 3.33. The third kappa shape index (κ3) is 4.77. The van der Waals surface area contributed by atoms with Gasteiger partial charge in [0.1, 0.15) is 17.3 Å². The summed E-state index contributed by atoms with van der Waals surface area (Å²) in [5.41, 5.74) is 0. The second-order valence-electron chi connectivity index (χ2n) is 6.75. The standard InChI is InChI=1S/C20H27N3O3/c1-16-21-10-13-22(16)12-9-20(24)23-11-3-4-17(14-23)15-26-19-7-5-18(25-2)6-8-19/h5-8,10,13,17H,3-4,9,11-12,14-15H2,1-2H3. The Morgan fingerprint density at radius 2 is 2.04 bits per heavy atom. The number of aromatic nitrogens is 2. The number of aryl methyl sites for hydroxylation is 2. The lowest BCUT2D eigenvalue weighted by molar-refractivity contribution is -0.133. The van der Waals surface area contributed by atoms with Crippen LogP contribution in [0.4, 0.5) is 0 Å². The average Bonchev–Trinajstić information content (AvgIpc) is 3.10. The van der Waals surface area contributed by atoms with Crippen molar-refractivity contribution in [3.63, 3.8) is 0 Å². The highest BCUT2D eigenvalue weighted by Gasteiger charge is 2.24. The van der Waals surface area contributed by atoms with Crippen molar-refractivity contribution < 1.29 is 14.3 Å². The molecular formula is C20H27N3O3. The number of rotatable bonds is 7. The first-order valence-electron chi connectivity index (χ1n) is 9.18. The maximum atomic E-state index is 12.5.